The number of aromatic amines is 1. The van der Waals surface area contributed by atoms with E-state index in [2.05, 4.69) is 15.0 Å². The summed E-state index contributed by atoms with van der Waals surface area (Å²) in [6, 6.07) is 1.64. The van der Waals surface area contributed by atoms with E-state index in [1.807, 2.05) is 7.05 Å². The third kappa shape index (κ3) is 5.10. The van der Waals surface area contributed by atoms with E-state index in [4.69, 9.17) is 4.74 Å². The Labute approximate surface area is 126 Å². The summed E-state index contributed by atoms with van der Waals surface area (Å²) < 4.78 is 32.5. The number of sulfonamides is 1. The molecule has 1 aromatic rings. The van der Waals surface area contributed by atoms with E-state index in [0.29, 0.717) is 25.8 Å². The first-order chi connectivity index (χ1) is 10.1. The Kier molecular flexibility index (Phi) is 6.22. The molecule has 3 N–H and O–H groups in total. The van der Waals surface area contributed by atoms with Gasteiger partial charge >= 0.3 is 0 Å². The number of rotatable bonds is 8. The van der Waals surface area contributed by atoms with Gasteiger partial charge in [0.2, 0.25) is 10.0 Å². The smallest absolute Gasteiger partial charge is 0.242 e. The molecule has 0 unspecified atom stereocenters. The molecule has 6 nitrogen and oxygen atoms in total. The minimum Gasteiger partial charge on any atom is -0.377 e. The van der Waals surface area contributed by atoms with Gasteiger partial charge in [-0.15, -0.1) is 0 Å². The molecule has 0 saturated heterocycles. The molecule has 21 heavy (non-hydrogen) atoms. The Morgan fingerprint density at radius 1 is 1.33 bits per heavy atom. The summed E-state index contributed by atoms with van der Waals surface area (Å²) in [7, 11) is -1.63. The van der Waals surface area contributed by atoms with Crippen LogP contribution in [-0.2, 0) is 21.3 Å². The number of nitrogens with one attached hydrogen (secondary N) is 3. The highest BCUT2D eigenvalue weighted by molar-refractivity contribution is 7.89. The minimum atomic E-state index is -3.45. The van der Waals surface area contributed by atoms with Gasteiger partial charge in [-0.1, -0.05) is 19.3 Å². The second-order valence-corrected chi connectivity index (χ2v) is 7.19. The highest BCUT2D eigenvalue weighted by Crippen LogP contribution is 2.20. The van der Waals surface area contributed by atoms with Gasteiger partial charge in [-0.3, -0.25) is 0 Å². The summed E-state index contributed by atoms with van der Waals surface area (Å²) in [6.45, 7) is 1.35. The molecule has 1 aliphatic rings. The van der Waals surface area contributed by atoms with Crippen LogP contribution in [0.15, 0.2) is 17.2 Å². The van der Waals surface area contributed by atoms with Crippen LogP contribution in [0.2, 0.25) is 0 Å². The molecule has 0 atom stereocenters. The Bertz CT molecular complexity index is 521. The topological polar surface area (TPSA) is 83.2 Å². The average Bonchev–Trinajstić information content (AvgIpc) is 2.95. The van der Waals surface area contributed by atoms with E-state index in [0.717, 1.165) is 18.5 Å². The summed E-state index contributed by atoms with van der Waals surface area (Å²) in [6.07, 6.45) is 7.72. The van der Waals surface area contributed by atoms with Crippen LogP contribution >= 0.6 is 0 Å². The van der Waals surface area contributed by atoms with Crippen molar-refractivity contribution in [2.45, 2.75) is 49.6 Å². The van der Waals surface area contributed by atoms with Crippen LogP contribution in [0.5, 0.6) is 0 Å². The van der Waals surface area contributed by atoms with Crippen LogP contribution in [0.1, 0.15) is 37.8 Å². The largest absolute Gasteiger partial charge is 0.377 e. The molecule has 0 aromatic carbocycles. The molecule has 1 fully saturated rings. The van der Waals surface area contributed by atoms with Crippen molar-refractivity contribution in [3.8, 4) is 0 Å². The number of hydrogen-bond acceptors (Lipinski definition) is 4. The van der Waals surface area contributed by atoms with Crippen molar-refractivity contribution in [1.29, 1.82) is 0 Å². The third-order valence-electron chi connectivity index (χ3n) is 3.69. The van der Waals surface area contributed by atoms with Crippen LogP contribution in [0.4, 0.5) is 0 Å². The molecule has 0 spiro atoms. The van der Waals surface area contributed by atoms with E-state index in [9.17, 15) is 8.42 Å². The fraction of sp³-hybridized carbons (Fsp3) is 0.714. The minimum absolute atomic E-state index is 0.269. The number of aromatic nitrogens is 1. The van der Waals surface area contributed by atoms with Crippen LogP contribution in [0.25, 0.3) is 0 Å². The van der Waals surface area contributed by atoms with Crippen molar-refractivity contribution >= 4 is 10.0 Å². The first kappa shape index (κ1) is 16.5. The SMILES string of the molecule is CNCc1cc(S(=O)(=O)NCCOC2CCCCC2)c[nH]1. The summed E-state index contributed by atoms with van der Waals surface area (Å²) in [5.41, 5.74) is 0.844. The van der Waals surface area contributed by atoms with Gasteiger partial charge in [0, 0.05) is 25.0 Å². The molecule has 2 rings (SSSR count). The van der Waals surface area contributed by atoms with Crippen molar-refractivity contribution in [2.24, 2.45) is 0 Å². The molecule has 0 aliphatic heterocycles. The summed E-state index contributed by atoms with van der Waals surface area (Å²) >= 11 is 0. The monoisotopic (exact) mass is 315 g/mol. The predicted molar refractivity (Wildman–Crippen MR) is 81.6 cm³/mol. The summed E-state index contributed by atoms with van der Waals surface area (Å²) in [4.78, 5) is 3.21. The molecule has 1 saturated carbocycles. The van der Waals surface area contributed by atoms with Crippen LogP contribution < -0.4 is 10.0 Å². The fourth-order valence-electron chi connectivity index (χ4n) is 2.58. The maximum absolute atomic E-state index is 12.1. The first-order valence-electron chi connectivity index (χ1n) is 7.55. The lowest BCUT2D eigenvalue weighted by atomic mass is 9.98. The second kappa shape index (κ2) is 7.93. The zero-order chi connectivity index (χ0) is 15.1. The lowest BCUT2D eigenvalue weighted by Gasteiger charge is -2.21. The number of ether oxygens (including phenoxy) is 1. The maximum Gasteiger partial charge on any atom is 0.242 e. The van der Waals surface area contributed by atoms with Gasteiger partial charge < -0.3 is 15.0 Å². The van der Waals surface area contributed by atoms with Crippen molar-refractivity contribution < 1.29 is 13.2 Å². The molecular weight excluding hydrogens is 290 g/mol. The molecule has 0 radical (unpaired) electrons. The van der Waals surface area contributed by atoms with Gasteiger partial charge in [0.05, 0.1) is 17.6 Å². The zero-order valence-corrected chi connectivity index (χ0v) is 13.3. The van der Waals surface area contributed by atoms with E-state index in [1.165, 1.54) is 25.5 Å². The predicted octanol–water partition coefficient (Wildman–Crippen LogP) is 1.36. The van der Waals surface area contributed by atoms with Crippen molar-refractivity contribution in [2.75, 3.05) is 20.2 Å². The van der Waals surface area contributed by atoms with Gasteiger partial charge in [0.1, 0.15) is 0 Å². The van der Waals surface area contributed by atoms with E-state index in [1.54, 1.807) is 6.07 Å². The van der Waals surface area contributed by atoms with Crippen molar-refractivity contribution in [1.82, 2.24) is 15.0 Å². The normalized spacial score (nSPS) is 17.2. The lowest BCUT2D eigenvalue weighted by molar-refractivity contribution is 0.0321. The highest BCUT2D eigenvalue weighted by Gasteiger charge is 2.17. The maximum atomic E-state index is 12.1. The summed E-state index contributed by atoms with van der Waals surface area (Å²) in [5, 5.41) is 2.97. The zero-order valence-electron chi connectivity index (χ0n) is 12.5. The van der Waals surface area contributed by atoms with Crippen molar-refractivity contribution in [3.63, 3.8) is 0 Å². The molecule has 1 aromatic heterocycles. The molecule has 1 heterocycles. The molecule has 120 valence electrons. The van der Waals surface area contributed by atoms with Gasteiger partial charge in [-0.05, 0) is 26.0 Å². The number of hydrogen-bond donors (Lipinski definition) is 3. The molecule has 0 bridgehead atoms. The van der Waals surface area contributed by atoms with Crippen LogP contribution in [0, 0.1) is 0 Å². The van der Waals surface area contributed by atoms with E-state index in [-0.39, 0.29) is 4.90 Å². The lowest BCUT2D eigenvalue weighted by Crippen LogP contribution is -2.29. The molecule has 1 aliphatic carbocycles. The summed E-state index contributed by atoms with van der Waals surface area (Å²) in [5.74, 6) is 0. The Balaban J connectivity index is 1.75. The average molecular weight is 315 g/mol. The second-order valence-electron chi connectivity index (χ2n) is 5.42. The van der Waals surface area contributed by atoms with Crippen LogP contribution in [-0.4, -0.2) is 39.7 Å². The van der Waals surface area contributed by atoms with Gasteiger partial charge in [0.25, 0.3) is 0 Å². The fourth-order valence-corrected chi connectivity index (χ4v) is 3.61. The van der Waals surface area contributed by atoms with E-state index >= 15 is 0 Å². The molecule has 0 amide bonds. The van der Waals surface area contributed by atoms with E-state index < -0.39 is 10.0 Å². The highest BCUT2D eigenvalue weighted by atomic mass is 32.2. The van der Waals surface area contributed by atoms with Crippen LogP contribution in [0.3, 0.4) is 0 Å². The van der Waals surface area contributed by atoms with Gasteiger partial charge in [0.15, 0.2) is 0 Å². The third-order valence-corrected chi connectivity index (χ3v) is 5.13. The van der Waals surface area contributed by atoms with Crippen molar-refractivity contribution in [3.05, 3.63) is 18.0 Å². The van der Waals surface area contributed by atoms with Gasteiger partial charge in [-0.25, -0.2) is 13.1 Å². The Hall–Kier alpha value is -0.890. The molecule has 7 heteroatoms. The standard InChI is InChI=1S/C14H25N3O3S/c1-15-10-12-9-14(11-16-12)21(18,19)17-7-8-20-13-5-3-2-4-6-13/h9,11,13,15-17H,2-8,10H2,1H3. The first-order valence-corrected chi connectivity index (χ1v) is 9.03. The molecular formula is C14H25N3O3S. The Morgan fingerprint density at radius 2 is 2.10 bits per heavy atom. The quantitative estimate of drug-likeness (QED) is 0.633. The number of H-pyrrole nitrogens is 1. The van der Waals surface area contributed by atoms with Gasteiger partial charge in [-0.2, -0.15) is 0 Å². The Morgan fingerprint density at radius 3 is 2.81 bits per heavy atom.